The molecule has 0 N–H and O–H groups in total. The number of aromatic nitrogens is 2. The van der Waals surface area contributed by atoms with Gasteiger partial charge in [-0.25, -0.2) is 4.98 Å². The summed E-state index contributed by atoms with van der Waals surface area (Å²) in [5.74, 6) is 0. The number of rotatable bonds is 3. The van der Waals surface area contributed by atoms with Crippen LogP contribution in [0, 0.1) is 0 Å². The van der Waals surface area contributed by atoms with E-state index in [1.165, 1.54) is 0 Å². The largest absolute Gasteiger partial charge is 0.591 e. The number of hydrogen-bond acceptors (Lipinski definition) is 3. The van der Waals surface area contributed by atoms with E-state index in [1.54, 1.807) is 6.20 Å². The van der Waals surface area contributed by atoms with E-state index in [4.69, 9.17) is 0 Å². The van der Waals surface area contributed by atoms with Crippen molar-refractivity contribution in [3.8, 4) is 11.1 Å². The van der Waals surface area contributed by atoms with Crippen LogP contribution in [0.5, 0.6) is 0 Å². The third-order valence-corrected chi connectivity index (χ3v) is 5.23. The number of fused-ring (bicyclic) bond motifs is 1. The van der Waals surface area contributed by atoms with Gasteiger partial charge in [0.1, 0.15) is 21.8 Å². The molecule has 0 amide bonds. The standard InChI is InChI=1S/C19H21N3OS/c1-14(21-24(23)19(2,3)4)15-6-5-7-16(12-15)17-8-9-18-20-10-11-22(18)13-17/h5-13H,1-4H3. The molecule has 1 atom stereocenters. The summed E-state index contributed by atoms with van der Waals surface area (Å²) < 4.78 is 18.2. The Kier molecular flexibility index (Phi) is 4.47. The van der Waals surface area contributed by atoms with Gasteiger partial charge in [0, 0.05) is 24.2 Å². The van der Waals surface area contributed by atoms with Gasteiger partial charge in [0.2, 0.25) is 0 Å². The predicted molar refractivity (Wildman–Crippen MR) is 101 cm³/mol. The highest BCUT2D eigenvalue weighted by Gasteiger charge is 2.26. The molecule has 3 aromatic rings. The number of imidazole rings is 1. The Morgan fingerprint density at radius 1 is 1.17 bits per heavy atom. The molecule has 1 aromatic carbocycles. The molecule has 2 heterocycles. The summed E-state index contributed by atoms with van der Waals surface area (Å²) in [4.78, 5) is 4.26. The highest BCUT2D eigenvalue weighted by Crippen LogP contribution is 2.23. The van der Waals surface area contributed by atoms with E-state index in [1.807, 2.05) is 56.5 Å². The molecule has 2 aromatic heterocycles. The summed E-state index contributed by atoms with van der Waals surface area (Å²) in [6.07, 6.45) is 5.78. The molecule has 0 saturated heterocycles. The average Bonchev–Trinajstić information content (AvgIpc) is 3.01. The normalized spacial score (nSPS) is 14.1. The molecule has 1 unspecified atom stereocenters. The van der Waals surface area contributed by atoms with Crippen LogP contribution in [0.3, 0.4) is 0 Å². The highest BCUT2D eigenvalue weighted by molar-refractivity contribution is 7.91. The maximum atomic E-state index is 12.2. The van der Waals surface area contributed by atoms with Crippen LogP contribution in [0.25, 0.3) is 16.8 Å². The van der Waals surface area contributed by atoms with Crippen LogP contribution < -0.4 is 0 Å². The first-order chi connectivity index (χ1) is 11.3. The lowest BCUT2D eigenvalue weighted by atomic mass is 10.0. The lowest BCUT2D eigenvalue weighted by Crippen LogP contribution is -2.26. The summed E-state index contributed by atoms with van der Waals surface area (Å²) in [6.45, 7) is 7.69. The number of hydrogen-bond donors (Lipinski definition) is 0. The fraction of sp³-hybridized carbons (Fsp3) is 0.263. The maximum Gasteiger partial charge on any atom is 0.144 e. The van der Waals surface area contributed by atoms with Crippen LogP contribution in [-0.2, 0) is 11.4 Å². The molecule has 0 bridgehead atoms. The summed E-state index contributed by atoms with van der Waals surface area (Å²) in [7, 11) is 0. The number of pyridine rings is 1. The Balaban J connectivity index is 1.95. The van der Waals surface area contributed by atoms with Crippen LogP contribution in [0.1, 0.15) is 33.3 Å². The van der Waals surface area contributed by atoms with Crippen molar-refractivity contribution in [1.82, 2.24) is 9.38 Å². The predicted octanol–water partition coefficient (Wildman–Crippen LogP) is 4.27. The molecule has 0 radical (unpaired) electrons. The smallest absolute Gasteiger partial charge is 0.144 e. The van der Waals surface area contributed by atoms with Gasteiger partial charge in [-0.1, -0.05) is 22.6 Å². The first kappa shape index (κ1) is 16.7. The molecule has 3 rings (SSSR count). The van der Waals surface area contributed by atoms with Crippen LogP contribution in [0.4, 0.5) is 0 Å². The van der Waals surface area contributed by atoms with E-state index in [0.29, 0.717) is 0 Å². The molecule has 24 heavy (non-hydrogen) atoms. The zero-order valence-electron chi connectivity index (χ0n) is 14.4. The molecule has 0 aliphatic carbocycles. The maximum absolute atomic E-state index is 12.2. The highest BCUT2D eigenvalue weighted by atomic mass is 32.2. The Morgan fingerprint density at radius 3 is 2.71 bits per heavy atom. The Hall–Kier alpha value is -2.11. The Labute approximate surface area is 145 Å². The molecule has 0 aliphatic rings. The van der Waals surface area contributed by atoms with Crippen LogP contribution in [-0.4, -0.2) is 24.4 Å². The first-order valence-electron chi connectivity index (χ1n) is 7.85. The van der Waals surface area contributed by atoms with Gasteiger partial charge in [0.25, 0.3) is 0 Å². The second-order valence-corrected chi connectivity index (χ2v) is 8.64. The van der Waals surface area contributed by atoms with E-state index < -0.39 is 11.4 Å². The lowest BCUT2D eigenvalue weighted by Gasteiger charge is -2.18. The van der Waals surface area contributed by atoms with Gasteiger partial charge in [-0.05, 0) is 57.0 Å². The fourth-order valence-electron chi connectivity index (χ4n) is 2.33. The SMILES string of the molecule is CC(=N[S+]([O-])C(C)(C)C)c1cccc(-c2ccc3nccn3c2)c1. The Bertz CT molecular complexity index is 893. The van der Waals surface area contributed by atoms with E-state index in [2.05, 4.69) is 33.8 Å². The summed E-state index contributed by atoms with van der Waals surface area (Å²) in [5, 5.41) is 0. The Morgan fingerprint density at radius 2 is 1.96 bits per heavy atom. The van der Waals surface area contributed by atoms with Gasteiger partial charge in [-0.3, -0.25) is 0 Å². The van der Waals surface area contributed by atoms with Crippen LogP contribution in [0.2, 0.25) is 0 Å². The first-order valence-corrected chi connectivity index (χ1v) is 8.96. The second kappa shape index (κ2) is 6.42. The van der Waals surface area contributed by atoms with Crippen LogP contribution >= 0.6 is 0 Å². The van der Waals surface area contributed by atoms with E-state index in [0.717, 1.165) is 28.0 Å². The van der Waals surface area contributed by atoms with Crippen molar-refractivity contribution in [1.29, 1.82) is 0 Å². The lowest BCUT2D eigenvalue weighted by molar-refractivity contribution is 0.561. The molecular formula is C19H21N3OS. The molecule has 0 aliphatic heterocycles. The minimum Gasteiger partial charge on any atom is -0.591 e. The second-order valence-electron chi connectivity index (χ2n) is 6.73. The van der Waals surface area contributed by atoms with Gasteiger partial charge >= 0.3 is 0 Å². The van der Waals surface area contributed by atoms with E-state index in [9.17, 15) is 4.55 Å². The van der Waals surface area contributed by atoms with Crippen molar-refractivity contribution in [3.63, 3.8) is 0 Å². The topological polar surface area (TPSA) is 52.7 Å². The molecular weight excluding hydrogens is 318 g/mol. The van der Waals surface area contributed by atoms with Crippen molar-refractivity contribution in [2.24, 2.45) is 4.40 Å². The summed E-state index contributed by atoms with van der Waals surface area (Å²) in [5.41, 5.74) is 4.89. The van der Waals surface area contributed by atoms with Crippen molar-refractivity contribution in [2.45, 2.75) is 32.4 Å². The molecule has 0 spiro atoms. The molecule has 5 heteroatoms. The van der Waals surface area contributed by atoms with Gasteiger partial charge in [-0.15, -0.1) is 0 Å². The monoisotopic (exact) mass is 339 g/mol. The summed E-state index contributed by atoms with van der Waals surface area (Å²) in [6, 6.07) is 12.2. The molecule has 124 valence electrons. The van der Waals surface area contributed by atoms with Crippen molar-refractivity contribution >= 4 is 22.7 Å². The average molecular weight is 339 g/mol. The van der Waals surface area contributed by atoms with Gasteiger partial charge in [0.05, 0.1) is 5.71 Å². The van der Waals surface area contributed by atoms with Gasteiger partial charge < -0.3 is 8.95 Å². The molecule has 0 fully saturated rings. The van der Waals surface area contributed by atoms with Crippen LogP contribution in [0.15, 0.2) is 59.4 Å². The van der Waals surface area contributed by atoms with E-state index in [-0.39, 0.29) is 4.75 Å². The quantitative estimate of drug-likeness (QED) is 0.528. The van der Waals surface area contributed by atoms with Gasteiger partial charge in [0.15, 0.2) is 0 Å². The molecule has 4 nitrogen and oxygen atoms in total. The third-order valence-electron chi connectivity index (χ3n) is 3.75. The number of nitrogens with zero attached hydrogens (tertiary/aromatic N) is 3. The third kappa shape index (κ3) is 3.52. The minimum atomic E-state index is -1.26. The number of benzene rings is 1. The van der Waals surface area contributed by atoms with Crippen molar-refractivity contribution < 1.29 is 4.55 Å². The zero-order chi connectivity index (χ0) is 17.3. The van der Waals surface area contributed by atoms with Gasteiger partial charge in [-0.2, -0.15) is 0 Å². The van der Waals surface area contributed by atoms with Crippen molar-refractivity contribution in [3.05, 3.63) is 60.6 Å². The molecule has 0 saturated carbocycles. The minimum absolute atomic E-state index is 0.356. The summed E-state index contributed by atoms with van der Waals surface area (Å²) >= 11 is -1.26. The van der Waals surface area contributed by atoms with Crippen molar-refractivity contribution in [2.75, 3.05) is 0 Å². The zero-order valence-corrected chi connectivity index (χ0v) is 15.2. The fourth-order valence-corrected chi connectivity index (χ4v) is 2.96. The van der Waals surface area contributed by atoms with E-state index >= 15 is 0 Å².